The zero-order valence-corrected chi connectivity index (χ0v) is 19.8. The molecule has 2 amide bonds. The van der Waals surface area contributed by atoms with Gasteiger partial charge in [0, 0.05) is 43.2 Å². The van der Waals surface area contributed by atoms with Crippen LogP contribution in [0, 0.1) is 5.92 Å². The molecule has 2 aromatic rings. The summed E-state index contributed by atoms with van der Waals surface area (Å²) in [7, 11) is 0. The molecule has 2 fully saturated rings. The van der Waals surface area contributed by atoms with Gasteiger partial charge < -0.3 is 31.5 Å². The van der Waals surface area contributed by atoms with E-state index in [-0.39, 0.29) is 48.6 Å². The van der Waals surface area contributed by atoms with Gasteiger partial charge in [-0.15, -0.1) is 0 Å². The van der Waals surface area contributed by atoms with Gasteiger partial charge in [0.2, 0.25) is 0 Å². The Kier molecular flexibility index (Phi) is 7.20. The molecular formula is C23H29F2N7O4. The lowest BCUT2D eigenvalue weighted by Crippen LogP contribution is -2.37. The topological polar surface area (TPSA) is 170 Å². The number of halogens is 2. The number of anilines is 2. The van der Waals surface area contributed by atoms with Crippen LogP contribution in [0.4, 0.5) is 20.3 Å². The van der Waals surface area contributed by atoms with Gasteiger partial charge in [0.15, 0.2) is 5.69 Å². The van der Waals surface area contributed by atoms with Crippen molar-refractivity contribution >= 4 is 23.3 Å². The fourth-order valence-corrected chi connectivity index (χ4v) is 4.04. The van der Waals surface area contributed by atoms with Crippen LogP contribution in [-0.2, 0) is 0 Å². The predicted molar refractivity (Wildman–Crippen MR) is 126 cm³/mol. The molecule has 0 aromatic carbocycles. The zero-order chi connectivity index (χ0) is 26.0. The van der Waals surface area contributed by atoms with E-state index in [1.54, 1.807) is 19.1 Å². The number of nitrogens with zero attached hydrogens (tertiary/aromatic N) is 4. The highest BCUT2D eigenvalue weighted by molar-refractivity contribution is 5.95. The Bertz CT molecular complexity index is 1140. The Morgan fingerprint density at radius 3 is 2.58 bits per heavy atom. The molecule has 2 aromatic heterocycles. The van der Waals surface area contributed by atoms with Crippen molar-refractivity contribution in [1.29, 1.82) is 0 Å². The fraction of sp³-hybridized carbons (Fsp3) is 0.522. The fourth-order valence-electron chi connectivity index (χ4n) is 4.04. The molecule has 1 saturated heterocycles. The Labute approximate surface area is 206 Å². The smallest absolute Gasteiger partial charge is 0.319 e. The van der Waals surface area contributed by atoms with Gasteiger partial charge >= 0.3 is 6.01 Å². The molecule has 1 aliphatic carbocycles. The Balaban J connectivity index is 1.49. The second-order valence-corrected chi connectivity index (χ2v) is 9.22. The average molecular weight is 506 g/mol. The van der Waals surface area contributed by atoms with Crippen molar-refractivity contribution < 1.29 is 28.2 Å². The van der Waals surface area contributed by atoms with E-state index >= 15 is 0 Å². The zero-order valence-electron chi connectivity index (χ0n) is 19.8. The summed E-state index contributed by atoms with van der Waals surface area (Å²) in [6.45, 7) is 2.22. The molecule has 194 valence electrons. The number of hydrogen-bond donors (Lipinski definition) is 4. The summed E-state index contributed by atoms with van der Waals surface area (Å²) < 4.78 is 32.0. The van der Waals surface area contributed by atoms with E-state index in [4.69, 9.17) is 16.2 Å². The van der Waals surface area contributed by atoms with Gasteiger partial charge in [-0.3, -0.25) is 9.59 Å². The molecule has 0 radical (unpaired) electrons. The van der Waals surface area contributed by atoms with Crippen molar-refractivity contribution in [3.63, 3.8) is 0 Å². The van der Waals surface area contributed by atoms with Gasteiger partial charge in [-0.2, -0.15) is 9.97 Å². The molecule has 11 nitrogen and oxygen atoms in total. The van der Waals surface area contributed by atoms with Crippen molar-refractivity contribution in [1.82, 2.24) is 20.3 Å². The molecule has 1 unspecified atom stereocenters. The molecule has 1 saturated carbocycles. The minimum atomic E-state index is -2.75. The molecule has 0 spiro atoms. The van der Waals surface area contributed by atoms with E-state index in [9.17, 15) is 23.5 Å². The maximum absolute atomic E-state index is 13.3. The van der Waals surface area contributed by atoms with Gasteiger partial charge in [-0.1, -0.05) is 0 Å². The van der Waals surface area contributed by atoms with Crippen molar-refractivity contribution in [3.8, 4) is 6.01 Å². The van der Waals surface area contributed by atoms with E-state index in [2.05, 4.69) is 20.3 Å². The summed E-state index contributed by atoms with van der Waals surface area (Å²) in [6, 6.07) is 4.23. The van der Waals surface area contributed by atoms with Gasteiger partial charge in [0.1, 0.15) is 18.1 Å². The molecule has 0 bridgehead atoms. The number of nitrogen functional groups attached to an aromatic ring is 1. The van der Waals surface area contributed by atoms with Crippen molar-refractivity contribution in [2.24, 2.45) is 11.7 Å². The summed E-state index contributed by atoms with van der Waals surface area (Å²) in [4.78, 5) is 39.0. The van der Waals surface area contributed by atoms with Crippen LogP contribution >= 0.6 is 0 Å². The van der Waals surface area contributed by atoms with Crippen molar-refractivity contribution in [2.45, 2.75) is 44.1 Å². The highest BCUT2D eigenvalue weighted by atomic mass is 19.3. The number of nitrogens with two attached hydrogens (primary N) is 2. The number of aliphatic hydroxyl groups excluding tert-OH is 1. The summed E-state index contributed by atoms with van der Waals surface area (Å²) in [6.07, 6.45) is 1.09. The van der Waals surface area contributed by atoms with Crippen molar-refractivity contribution in [3.05, 3.63) is 35.3 Å². The first kappa shape index (κ1) is 25.5. The number of primary amides is 1. The summed E-state index contributed by atoms with van der Waals surface area (Å²) in [5.41, 5.74) is 12.1. The van der Waals surface area contributed by atoms with E-state index in [0.717, 1.165) is 0 Å². The first-order chi connectivity index (χ1) is 17.1. The lowest BCUT2D eigenvalue weighted by atomic mass is 9.92. The number of rotatable bonds is 9. The number of carbonyl (C=O) groups is 2. The van der Waals surface area contributed by atoms with Crippen LogP contribution < -0.4 is 26.4 Å². The van der Waals surface area contributed by atoms with Gasteiger partial charge in [0.05, 0.1) is 18.2 Å². The monoisotopic (exact) mass is 505 g/mol. The number of aromatic nitrogens is 3. The molecular weight excluding hydrogens is 476 g/mol. The van der Waals surface area contributed by atoms with E-state index in [1.165, 1.54) is 6.07 Å². The third-order valence-electron chi connectivity index (χ3n) is 6.36. The molecule has 2 aliphatic rings. The van der Waals surface area contributed by atoms with Crippen LogP contribution in [0.25, 0.3) is 0 Å². The van der Waals surface area contributed by atoms with Crippen LogP contribution in [-0.4, -0.2) is 70.1 Å². The van der Waals surface area contributed by atoms with Crippen LogP contribution in [0.1, 0.15) is 58.8 Å². The Morgan fingerprint density at radius 2 is 1.97 bits per heavy atom. The Hall–Kier alpha value is -3.61. The quantitative estimate of drug-likeness (QED) is 0.389. The highest BCUT2D eigenvalue weighted by Gasteiger charge is 2.57. The van der Waals surface area contributed by atoms with Crippen LogP contribution in [0.3, 0.4) is 0 Å². The maximum atomic E-state index is 13.3. The molecule has 1 aliphatic heterocycles. The average Bonchev–Trinajstić information content (AvgIpc) is 3.48. The minimum Gasteiger partial charge on any atom is -0.463 e. The molecule has 6 N–H and O–H groups in total. The lowest BCUT2D eigenvalue weighted by molar-refractivity contribution is 0.0835. The number of aliphatic hydroxyl groups is 1. The third kappa shape index (κ3) is 5.78. The number of nitrogens with one attached hydrogen (secondary N) is 1. The predicted octanol–water partition coefficient (Wildman–Crippen LogP) is 1.08. The summed E-state index contributed by atoms with van der Waals surface area (Å²) in [5, 5.41) is 11.8. The molecule has 4 rings (SSSR count). The summed E-state index contributed by atoms with van der Waals surface area (Å²) in [5.74, 6) is -4.40. The number of piperidine rings is 1. The van der Waals surface area contributed by atoms with Crippen LogP contribution in [0.2, 0.25) is 0 Å². The van der Waals surface area contributed by atoms with Gasteiger partial charge in [-0.05, 0) is 31.9 Å². The SMILES string of the molecule is C[C@H](CO)NC(=O)c1cc(N2CCC(c3ccc(N)c(C(N)=O)n3)CC2)nc(OCC2CC2(F)F)n1. The van der Waals surface area contributed by atoms with E-state index in [0.29, 0.717) is 37.4 Å². The number of hydrogen-bond acceptors (Lipinski definition) is 9. The summed E-state index contributed by atoms with van der Waals surface area (Å²) >= 11 is 0. The van der Waals surface area contributed by atoms with Gasteiger partial charge in [-0.25, -0.2) is 13.8 Å². The molecule has 13 heteroatoms. The second-order valence-electron chi connectivity index (χ2n) is 9.22. The van der Waals surface area contributed by atoms with E-state index < -0.39 is 29.7 Å². The minimum absolute atomic E-state index is 0.00582. The largest absolute Gasteiger partial charge is 0.463 e. The maximum Gasteiger partial charge on any atom is 0.319 e. The van der Waals surface area contributed by atoms with Gasteiger partial charge in [0.25, 0.3) is 17.7 Å². The number of pyridine rings is 1. The molecule has 36 heavy (non-hydrogen) atoms. The number of amides is 2. The standard InChI is InChI=1S/C23H29F2N7O4/c1-12(10-33)28-21(35)17-8-18(31-22(30-17)36-11-14-9-23(14,24)25)32-6-4-13(5-7-32)16-3-2-15(26)19(29-16)20(27)34/h2-3,8,12-14,33H,4-7,9-11,26H2,1H3,(H2,27,34)(H,28,35)/t12-,14?/m1/s1. The third-order valence-corrected chi connectivity index (χ3v) is 6.36. The van der Waals surface area contributed by atoms with Crippen molar-refractivity contribution in [2.75, 3.05) is 36.9 Å². The van der Waals surface area contributed by atoms with Crippen LogP contribution in [0.15, 0.2) is 18.2 Å². The molecule has 3 heterocycles. The van der Waals surface area contributed by atoms with Crippen LogP contribution in [0.5, 0.6) is 6.01 Å². The van der Waals surface area contributed by atoms with E-state index in [1.807, 2.05) is 4.90 Å². The highest BCUT2D eigenvalue weighted by Crippen LogP contribution is 2.48. The first-order valence-electron chi connectivity index (χ1n) is 11.7. The lowest BCUT2D eigenvalue weighted by Gasteiger charge is -2.33. The normalized spacial score (nSPS) is 20.0. The second kappa shape index (κ2) is 10.2. The number of alkyl halides is 2. The number of carbonyl (C=O) groups excluding carboxylic acids is 2. The Morgan fingerprint density at radius 1 is 1.28 bits per heavy atom. The first-order valence-corrected chi connectivity index (χ1v) is 11.7. The number of ether oxygens (including phenoxy) is 1. The molecule has 2 atom stereocenters.